The summed E-state index contributed by atoms with van der Waals surface area (Å²) in [6.07, 6.45) is 2.39. The number of aryl methyl sites for hydroxylation is 1. The summed E-state index contributed by atoms with van der Waals surface area (Å²) in [6, 6.07) is 16.3. The highest BCUT2D eigenvalue weighted by Gasteiger charge is 2.55. The first kappa shape index (κ1) is 25.2. The number of morpholine rings is 1. The molecule has 2 amide bonds. The molecule has 194 valence electrons. The molecule has 3 aromatic rings. The number of urea groups is 1. The molecular formula is C27H31N5O4S. The number of carbonyl (C=O) groups is 1. The fraction of sp³-hybridized carbons (Fsp3) is 0.370. The number of anilines is 3. The van der Waals surface area contributed by atoms with Crippen molar-refractivity contribution >= 4 is 33.1 Å². The number of hydrogen-bond acceptors (Lipinski definition) is 7. The van der Waals surface area contributed by atoms with Gasteiger partial charge in [0.05, 0.1) is 24.9 Å². The van der Waals surface area contributed by atoms with Crippen molar-refractivity contribution in [1.29, 1.82) is 0 Å². The van der Waals surface area contributed by atoms with E-state index in [1.54, 1.807) is 12.1 Å². The molecule has 2 heterocycles. The largest absolute Gasteiger partial charge is 0.377 e. The van der Waals surface area contributed by atoms with E-state index in [-0.39, 0.29) is 12.1 Å². The molecule has 10 heteroatoms. The summed E-state index contributed by atoms with van der Waals surface area (Å²) in [5, 5.41) is 5.64. The van der Waals surface area contributed by atoms with Gasteiger partial charge < -0.3 is 20.3 Å². The number of amides is 2. The molecule has 1 saturated carbocycles. The Balaban J connectivity index is 1.41. The van der Waals surface area contributed by atoms with Crippen LogP contribution >= 0.6 is 0 Å². The first-order valence-electron chi connectivity index (χ1n) is 12.3. The number of rotatable bonds is 6. The highest BCUT2D eigenvalue weighted by molar-refractivity contribution is 7.91. The number of aromatic nitrogens is 2. The van der Waals surface area contributed by atoms with E-state index in [4.69, 9.17) is 14.7 Å². The van der Waals surface area contributed by atoms with E-state index in [9.17, 15) is 13.2 Å². The van der Waals surface area contributed by atoms with E-state index in [1.807, 2.05) is 49.4 Å². The van der Waals surface area contributed by atoms with Crippen molar-refractivity contribution in [2.24, 2.45) is 0 Å². The van der Waals surface area contributed by atoms with Gasteiger partial charge in [-0.15, -0.1) is 0 Å². The second-order valence-corrected chi connectivity index (χ2v) is 12.2. The third-order valence-corrected chi connectivity index (χ3v) is 9.00. The molecule has 1 aliphatic carbocycles. The molecule has 2 fully saturated rings. The van der Waals surface area contributed by atoms with E-state index in [0.29, 0.717) is 61.3 Å². The fourth-order valence-corrected chi connectivity index (χ4v) is 5.90. The van der Waals surface area contributed by atoms with Crippen molar-refractivity contribution < 1.29 is 17.9 Å². The van der Waals surface area contributed by atoms with E-state index in [2.05, 4.69) is 22.5 Å². The summed E-state index contributed by atoms with van der Waals surface area (Å²) >= 11 is 0. The van der Waals surface area contributed by atoms with Crippen molar-refractivity contribution in [2.45, 2.75) is 37.5 Å². The molecular weight excluding hydrogens is 490 g/mol. The summed E-state index contributed by atoms with van der Waals surface area (Å²) in [5.41, 5.74) is 3.70. The minimum absolute atomic E-state index is 0.108. The van der Waals surface area contributed by atoms with Crippen LogP contribution in [0, 0.1) is 6.92 Å². The molecule has 1 aromatic heterocycles. The Morgan fingerprint density at radius 3 is 2.22 bits per heavy atom. The molecule has 0 unspecified atom stereocenters. The van der Waals surface area contributed by atoms with Gasteiger partial charge in [0.1, 0.15) is 10.6 Å². The predicted octanol–water partition coefficient (Wildman–Crippen LogP) is 4.35. The average Bonchev–Trinajstić information content (AvgIpc) is 3.69. The summed E-state index contributed by atoms with van der Waals surface area (Å²) in [4.78, 5) is 24.1. The molecule has 0 bridgehead atoms. The van der Waals surface area contributed by atoms with Gasteiger partial charge in [-0.25, -0.2) is 23.2 Å². The van der Waals surface area contributed by atoms with Gasteiger partial charge in [-0.3, -0.25) is 0 Å². The Hall–Kier alpha value is -3.50. The van der Waals surface area contributed by atoms with Gasteiger partial charge in [0.25, 0.3) is 0 Å². The smallest absolute Gasteiger partial charge is 0.323 e. The number of ether oxygens (including phenoxy) is 1. The van der Waals surface area contributed by atoms with Gasteiger partial charge >= 0.3 is 6.03 Å². The highest BCUT2D eigenvalue weighted by atomic mass is 32.2. The van der Waals surface area contributed by atoms with Crippen LogP contribution in [0.25, 0.3) is 11.4 Å². The van der Waals surface area contributed by atoms with Crippen LogP contribution in [0.5, 0.6) is 0 Å². The van der Waals surface area contributed by atoms with Gasteiger partial charge in [-0.05, 0) is 63.1 Å². The predicted molar refractivity (Wildman–Crippen MR) is 145 cm³/mol. The number of sulfone groups is 1. The highest BCUT2D eigenvalue weighted by Crippen LogP contribution is 2.52. The third kappa shape index (κ3) is 5.30. The zero-order chi connectivity index (χ0) is 26.2. The van der Waals surface area contributed by atoms with Gasteiger partial charge in [-0.1, -0.05) is 17.7 Å². The van der Waals surface area contributed by atoms with Crippen LogP contribution in [0.15, 0.2) is 54.6 Å². The Kier molecular flexibility index (Phi) is 6.63. The van der Waals surface area contributed by atoms with E-state index >= 15 is 0 Å². The zero-order valence-electron chi connectivity index (χ0n) is 21.2. The van der Waals surface area contributed by atoms with Gasteiger partial charge in [-0.2, -0.15) is 0 Å². The summed E-state index contributed by atoms with van der Waals surface area (Å²) < 4.78 is 30.0. The molecule has 0 spiro atoms. The van der Waals surface area contributed by atoms with E-state index in [1.165, 1.54) is 6.26 Å². The molecule has 2 aliphatic rings. The van der Waals surface area contributed by atoms with Crippen molar-refractivity contribution in [1.82, 2.24) is 9.97 Å². The van der Waals surface area contributed by atoms with E-state index < -0.39 is 14.6 Å². The second kappa shape index (κ2) is 9.75. The lowest BCUT2D eigenvalue weighted by Crippen LogP contribution is -2.44. The first-order valence-corrected chi connectivity index (χ1v) is 14.2. The number of benzene rings is 2. The Labute approximate surface area is 217 Å². The van der Waals surface area contributed by atoms with Crippen molar-refractivity contribution in [3.05, 3.63) is 65.9 Å². The molecule has 2 N–H and O–H groups in total. The Morgan fingerprint density at radius 1 is 1.03 bits per heavy atom. The minimum atomic E-state index is -3.34. The SMILES string of the molecule is Cc1ccc(NC(=O)Nc2ccc(-c3nc(N4CCOC[C@@H]4C)cc(C4(S(C)(=O)=O)CC4)n3)cc2)cc1. The minimum Gasteiger partial charge on any atom is -0.377 e. The second-order valence-electron chi connectivity index (χ2n) is 9.84. The standard InChI is InChI=1S/C27H31N5O4S/c1-18-4-8-21(9-5-18)28-26(33)29-22-10-6-20(7-11-22)25-30-23(27(12-13-27)37(3,34)35)16-24(31-25)32-14-15-36-17-19(32)2/h4-11,16,19H,12-15,17H2,1-3H3,(H2,28,29,33)/t19-/m0/s1. The van der Waals surface area contributed by atoms with E-state index in [0.717, 1.165) is 11.1 Å². The van der Waals surface area contributed by atoms with Gasteiger partial charge in [0, 0.05) is 35.8 Å². The van der Waals surface area contributed by atoms with Crippen LogP contribution in [0.2, 0.25) is 0 Å². The maximum Gasteiger partial charge on any atom is 0.323 e. The van der Waals surface area contributed by atoms with Crippen LogP contribution < -0.4 is 15.5 Å². The number of carbonyl (C=O) groups excluding carboxylic acids is 1. The summed E-state index contributed by atoms with van der Waals surface area (Å²) in [6.45, 7) is 5.88. The number of nitrogens with one attached hydrogen (secondary N) is 2. The molecule has 1 saturated heterocycles. The molecule has 0 radical (unpaired) electrons. The average molecular weight is 522 g/mol. The third-order valence-electron chi connectivity index (χ3n) is 6.97. The molecule has 37 heavy (non-hydrogen) atoms. The molecule has 1 aliphatic heterocycles. The van der Waals surface area contributed by atoms with Crippen molar-refractivity contribution in [3.8, 4) is 11.4 Å². The lowest BCUT2D eigenvalue weighted by Gasteiger charge is -2.34. The lowest BCUT2D eigenvalue weighted by molar-refractivity contribution is 0.0985. The summed E-state index contributed by atoms with van der Waals surface area (Å²) in [5.74, 6) is 1.15. The van der Waals surface area contributed by atoms with Crippen LogP contribution in [0.3, 0.4) is 0 Å². The zero-order valence-corrected chi connectivity index (χ0v) is 22.0. The van der Waals surface area contributed by atoms with Crippen LogP contribution in [-0.2, 0) is 19.3 Å². The first-order chi connectivity index (χ1) is 17.6. The maximum atomic E-state index is 12.7. The Morgan fingerprint density at radius 2 is 1.65 bits per heavy atom. The molecule has 5 rings (SSSR count). The Bertz CT molecular complexity index is 1400. The molecule has 1 atom stereocenters. The van der Waals surface area contributed by atoms with Crippen molar-refractivity contribution in [2.75, 3.05) is 41.5 Å². The quantitative estimate of drug-likeness (QED) is 0.496. The summed E-state index contributed by atoms with van der Waals surface area (Å²) in [7, 11) is -3.34. The van der Waals surface area contributed by atoms with Crippen molar-refractivity contribution in [3.63, 3.8) is 0 Å². The fourth-order valence-electron chi connectivity index (χ4n) is 4.57. The van der Waals surface area contributed by atoms with Crippen LogP contribution in [0.1, 0.15) is 31.0 Å². The lowest BCUT2D eigenvalue weighted by atomic mass is 10.1. The number of nitrogens with zero attached hydrogens (tertiary/aromatic N) is 3. The molecule has 2 aromatic carbocycles. The number of hydrogen-bond donors (Lipinski definition) is 2. The van der Waals surface area contributed by atoms with Crippen LogP contribution in [0.4, 0.5) is 22.0 Å². The maximum absolute atomic E-state index is 12.7. The monoisotopic (exact) mass is 521 g/mol. The van der Waals surface area contributed by atoms with Crippen LogP contribution in [-0.4, -0.2) is 56.5 Å². The van der Waals surface area contributed by atoms with Gasteiger partial charge in [0.15, 0.2) is 15.7 Å². The van der Waals surface area contributed by atoms with Gasteiger partial charge in [0.2, 0.25) is 0 Å². The molecule has 9 nitrogen and oxygen atoms in total. The topological polar surface area (TPSA) is 114 Å². The normalized spacial score (nSPS) is 18.8.